The molecule has 3 aliphatic carbocycles. The van der Waals surface area contributed by atoms with Crippen molar-refractivity contribution in [3.63, 3.8) is 0 Å². The van der Waals surface area contributed by atoms with E-state index in [9.17, 15) is 0 Å². The zero-order valence-electron chi connectivity index (χ0n) is 32.5. The summed E-state index contributed by atoms with van der Waals surface area (Å²) in [5, 5.41) is 16.1. The largest absolute Gasteiger partial charge is 0.0763 e. The normalized spacial score (nSPS) is 16.2. The lowest BCUT2D eigenvalue weighted by Gasteiger charge is -2.25. The molecule has 0 radical (unpaired) electrons. The lowest BCUT2D eigenvalue weighted by molar-refractivity contribution is 0.666. The molecule has 0 heteroatoms. The van der Waals surface area contributed by atoms with Gasteiger partial charge in [-0.3, -0.25) is 0 Å². The Morgan fingerprint density at radius 3 is 1.37 bits per heavy atom. The predicted molar refractivity (Wildman–Crippen MR) is 246 cm³/mol. The fraction of sp³-hybridized carbons (Fsp3) is 0.123. The highest BCUT2D eigenvalue weighted by atomic mass is 14.4. The molecule has 0 heterocycles. The number of hydrogen-bond acceptors (Lipinski definition) is 0. The summed E-state index contributed by atoms with van der Waals surface area (Å²) in [5.41, 5.74) is 13.8. The second-order valence-corrected chi connectivity index (χ2v) is 17.0. The first kappa shape index (κ1) is 32.7. The minimum absolute atomic E-state index is 0.117. The molecule has 9 aromatic carbocycles. The van der Waals surface area contributed by atoms with Crippen molar-refractivity contribution in [2.24, 2.45) is 0 Å². The van der Waals surface area contributed by atoms with Gasteiger partial charge in [0.05, 0.1) is 0 Å². The third kappa shape index (κ3) is 4.80. The van der Waals surface area contributed by atoms with Crippen molar-refractivity contribution < 1.29 is 0 Å². The number of benzene rings is 9. The summed E-state index contributed by atoms with van der Waals surface area (Å²) in [5.74, 6) is 0. The van der Waals surface area contributed by atoms with Gasteiger partial charge in [-0.05, 0) is 158 Å². The third-order valence-electron chi connectivity index (χ3n) is 13.6. The van der Waals surface area contributed by atoms with Gasteiger partial charge in [-0.1, -0.05) is 172 Å². The van der Waals surface area contributed by atoms with E-state index < -0.39 is 0 Å². The predicted octanol–water partition coefficient (Wildman–Crippen LogP) is 15.8. The lowest BCUT2D eigenvalue weighted by Crippen LogP contribution is -2.15. The van der Waals surface area contributed by atoms with Crippen molar-refractivity contribution in [1.82, 2.24) is 0 Å². The molecule has 0 saturated carbocycles. The SMILES string of the molecule is CC1(C)c2ccc(C3=CCCC(C4=CC(c5ccc6c7ccccc7c7ccccc7c6c5)=CCC4)=C3)cc2-c2ccc3c4ccccc4c4ccccc4c3c21. The van der Waals surface area contributed by atoms with E-state index in [-0.39, 0.29) is 5.41 Å². The number of hydrogen-bond donors (Lipinski definition) is 0. The average Bonchev–Trinajstić information content (AvgIpc) is 3.51. The van der Waals surface area contributed by atoms with Crippen molar-refractivity contribution in [2.45, 2.75) is 44.9 Å². The molecular weight excluding hydrogens is 685 g/mol. The summed E-state index contributed by atoms with van der Waals surface area (Å²) < 4.78 is 0. The maximum absolute atomic E-state index is 2.50. The Balaban J connectivity index is 0.932. The monoisotopic (exact) mass is 726 g/mol. The van der Waals surface area contributed by atoms with Crippen molar-refractivity contribution in [3.8, 4) is 11.1 Å². The minimum Gasteiger partial charge on any atom is -0.0763 e. The van der Waals surface area contributed by atoms with E-state index >= 15 is 0 Å². The van der Waals surface area contributed by atoms with Crippen LogP contribution in [0.5, 0.6) is 0 Å². The zero-order chi connectivity index (χ0) is 37.8. The van der Waals surface area contributed by atoms with Crippen LogP contribution in [0.3, 0.4) is 0 Å². The first-order valence-corrected chi connectivity index (χ1v) is 20.7. The van der Waals surface area contributed by atoms with E-state index in [1.807, 2.05) is 0 Å². The molecule has 0 aliphatic heterocycles. The maximum atomic E-state index is 2.50. The molecule has 0 aromatic heterocycles. The van der Waals surface area contributed by atoms with Crippen LogP contribution >= 0.6 is 0 Å². The van der Waals surface area contributed by atoms with Gasteiger partial charge in [-0.15, -0.1) is 0 Å². The molecule has 0 N–H and O–H groups in total. The van der Waals surface area contributed by atoms with Gasteiger partial charge in [0.15, 0.2) is 0 Å². The highest BCUT2D eigenvalue weighted by Crippen LogP contribution is 2.54. The van der Waals surface area contributed by atoms with Crippen LogP contribution in [0, 0.1) is 0 Å². The minimum atomic E-state index is -0.117. The molecule has 0 spiro atoms. The number of allylic oxidation sites excluding steroid dienone is 8. The van der Waals surface area contributed by atoms with E-state index in [1.54, 1.807) is 0 Å². The summed E-state index contributed by atoms with van der Waals surface area (Å²) in [6, 6.07) is 54.9. The summed E-state index contributed by atoms with van der Waals surface area (Å²) in [6.45, 7) is 4.86. The highest BCUT2D eigenvalue weighted by Gasteiger charge is 2.38. The fourth-order valence-electron chi connectivity index (χ4n) is 10.9. The van der Waals surface area contributed by atoms with Gasteiger partial charge < -0.3 is 0 Å². The Morgan fingerprint density at radius 1 is 0.386 bits per heavy atom. The first-order chi connectivity index (χ1) is 28.0. The molecule has 270 valence electrons. The van der Waals surface area contributed by atoms with Crippen LogP contribution < -0.4 is 0 Å². The molecule has 57 heavy (non-hydrogen) atoms. The summed E-state index contributed by atoms with van der Waals surface area (Å²) >= 11 is 0. The van der Waals surface area contributed by atoms with Crippen LogP contribution in [0.15, 0.2) is 181 Å². The molecule has 0 unspecified atom stereocenters. The maximum Gasteiger partial charge on any atom is 0.0165 e. The molecule has 0 atom stereocenters. The first-order valence-electron chi connectivity index (χ1n) is 20.7. The summed E-state index contributed by atoms with van der Waals surface area (Å²) in [4.78, 5) is 0. The zero-order valence-corrected chi connectivity index (χ0v) is 32.5. The van der Waals surface area contributed by atoms with Crippen LogP contribution in [0.25, 0.3) is 86.9 Å². The Hall–Kier alpha value is -6.50. The fourth-order valence-corrected chi connectivity index (χ4v) is 10.9. The third-order valence-corrected chi connectivity index (χ3v) is 13.6. The second-order valence-electron chi connectivity index (χ2n) is 17.0. The molecule has 0 bridgehead atoms. The molecule has 0 nitrogen and oxygen atoms in total. The van der Waals surface area contributed by atoms with Gasteiger partial charge in [0.2, 0.25) is 0 Å². The van der Waals surface area contributed by atoms with Gasteiger partial charge in [-0.25, -0.2) is 0 Å². The smallest absolute Gasteiger partial charge is 0.0165 e. The van der Waals surface area contributed by atoms with E-state index in [0.717, 1.165) is 25.7 Å². The molecule has 12 rings (SSSR count). The van der Waals surface area contributed by atoms with Crippen molar-refractivity contribution in [3.05, 3.63) is 203 Å². The molecule has 3 aliphatic rings. The number of rotatable bonds is 3. The average molecular weight is 727 g/mol. The quantitative estimate of drug-likeness (QED) is 0.159. The van der Waals surface area contributed by atoms with Gasteiger partial charge in [-0.2, -0.15) is 0 Å². The van der Waals surface area contributed by atoms with Crippen LogP contribution in [-0.2, 0) is 5.41 Å². The Labute approximate surface area is 333 Å². The van der Waals surface area contributed by atoms with E-state index in [0.29, 0.717) is 0 Å². The molecule has 0 fully saturated rings. The summed E-state index contributed by atoms with van der Waals surface area (Å²) in [7, 11) is 0. The van der Waals surface area contributed by atoms with E-state index in [2.05, 4.69) is 184 Å². The lowest BCUT2D eigenvalue weighted by atomic mass is 9.78. The van der Waals surface area contributed by atoms with Crippen LogP contribution in [0.1, 0.15) is 61.8 Å². The molecular formula is C57H42. The topological polar surface area (TPSA) is 0 Å². The highest BCUT2D eigenvalue weighted by molar-refractivity contribution is 6.28. The second kappa shape index (κ2) is 12.2. The molecule has 9 aromatic rings. The number of fused-ring (bicyclic) bond motifs is 16. The van der Waals surface area contributed by atoms with Gasteiger partial charge in [0, 0.05) is 5.41 Å². The molecule has 0 amide bonds. The van der Waals surface area contributed by atoms with Gasteiger partial charge in [0.1, 0.15) is 0 Å². The summed E-state index contributed by atoms with van der Waals surface area (Å²) in [6.07, 6.45) is 14.2. The van der Waals surface area contributed by atoms with Crippen molar-refractivity contribution in [2.75, 3.05) is 0 Å². The van der Waals surface area contributed by atoms with Gasteiger partial charge in [0.25, 0.3) is 0 Å². The Kier molecular flexibility index (Phi) is 7.03. The van der Waals surface area contributed by atoms with Crippen LogP contribution in [-0.4, -0.2) is 0 Å². The Morgan fingerprint density at radius 2 is 0.807 bits per heavy atom. The van der Waals surface area contributed by atoms with Crippen LogP contribution in [0.4, 0.5) is 0 Å². The van der Waals surface area contributed by atoms with Crippen molar-refractivity contribution in [1.29, 1.82) is 0 Å². The van der Waals surface area contributed by atoms with Gasteiger partial charge >= 0.3 is 0 Å². The standard InChI is InChI=1S/C57H42/c1-57(2)54-30-26-40(34-53(54)51-29-28-50-46-22-7-5-20-44(46)45-21-9-10-24-49(45)55(50)56(51)57)38-16-12-14-36(32-38)35-13-11-15-37(31-35)39-25-27-48-43-19-4-3-17-41(43)42-18-6-8-23-47(42)52(48)33-39/h3-10,15-34H,11-14H2,1-2H3. The van der Waals surface area contributed by atoms with Crippen molar-refractivity contribution >= 4 is 75.8 Å². The van der Waals surface area contributed by atoms with Crippen LogP contribution in [0.2, 0.25) is 0 Å². The Bertz CT molecular complexity index is 3290. The van der Waals surface area contributed by atoms with E-state index in [1.165, 1.54) is 120 Å². The van der Waals surface area contributed by atoms with E-state index in [4.69, 9.17) is 0 Å². The molecule has 0 saturated heterocycles.